The van der Waals surface area contributed by atoms with Crippen molar-refractivity contribution >= 4 is 11.8 Å². The van der Waals surface area contributed by atoms with E-state index in [9.17, 15) is 0 Å². The van der Waals surface area contributed by atoms with Crippen LogP contribution in [0, 0.1) is 0 Å². The van der Waals surface area contributed by atoms with Crippen LogP contribution < -0.4 is 0 Å². The average Bonchev–Trinajstić information content (AvgIpc) is 2.48. The number of thioether (sulfide) groups is 1. The monoisotopic (exact) mass is 272 g/mol. The summed E-state index contributed by atoms with van der Waals surface area (Å²) in [5, 5.41) is 0.669. The van der Waals surface area contributed by atoms with Crippen LogP contribution in [0.1, 0.15) is 44.9 Å². The van der Waals surface area contributed by atoms with Gasteiger partial charge in [0.05, 0.1) is 0 Å². The zero-order chi connectivity index (χ0) is 13.3. The molecule has 0 nitrogen and oxygen atoms in total. The van der Waals surface area contributed by atoms with Crippen LogP contribution >= 0.6 is 11.8 Å². The van der Waals surface area contributed by atoms with Gasteiger partial charge < -0.3 is 0 Å². The molecule has 1 unspecified atom stereocenters. The van der Waals surface area contributed by atoms with Gasteiger partial charge in [0, 0.05) is 10.1 Å². The van der Waals surface area contributed by atoms with Gasteiger partial charge in [0.15, 0.2) is 0 Å². The van der Waals surface area contributed by atoms with Crippen LogP contribution in [0.15, 0.2) is 59.5 Å². The molecule has 1 heteroatoms. The zero-order valence-corrected chi connectivity index (χ0v) is 12.5. The van der Waals surface area contributed by atoms with Gasteiger partial charge in [-0.2, -0.15) is 0 Å². The van der Waals surface area contributed by atoms with Gasteiger partial charge in [-0.3, -0.25) is 0 Å². The van der Waals surface area contributed by atoms with Gasteiger partial charge in [-0.1, -0.05) is 35.9 Å². The van der Waals surface area contributed by atoms with E-state index in [1.54, 1.807) is 5.57 Å². The number of hydrogen-bond donors (Lipinski definition) is 0. The molecule has 102 valence electrons. The zero-order valence-electron chi connectivity index (χ0n) is 11.7. The molecule has 19 heavy (non-hydrogen) atoms. The Kier molecular flexibility index (Phi) is 6.29. The summed E-state index contributed by atoms with van der Waals surface area (Å²) in [5.41, 5.74) is 1.68. The van der Waals surface area contributed by atoms with Crippen molar-refractivity contribution in [2.24, 2.45) is 0 Å². The molecule has 1 aliphatic rings. The summed E-state index contributed by atoms with van der Waals surface area (Å²) >= 11 is 2.04. The van der Waals surface area contributed by atoms with Gasteiger partial charge in [0.25, 0.3) is 0 Å². The first kappa shape index (κ1) is 14.5. The average molecular weight is 272 g/mol. The van der Waals surface area contributed by atoms with Gasteiger partial charge >= 0.3 is 0 Å². The van der Waals surface area contributed by atoms with Gasteiger partial charge in [0.1, 0.15) is 0 Å². The second kappa shape index (κ2) is 8.27. The van der Waals surface area contributed by atoms with Crippen LogP contribution in [0.4, 0.5) is 0 Å². The minimum Gasteiger partial charge on any atom is -0.118 e. The first-order valence-electron chi connectivity index (χ1n) is 7.41. The minimum absolute atomic E-state index is 0.669. The lowest BCUT2D eigenvalue weighted by molar-refractivity contribution is 0.654. The molecule has 0 bridgehead atoms. The fraction of sp³-hybridized carbons (Fsp3) is 0.444. The number of unbranched alkanes of at least 4 members (excludes halogenated alkanes) is 1. The summed E-state index contributed by atoms with van der Waals surface area (Å²) in [7, 11) is 0. The molecular formula is C18H24S. The first-order chi connectivity index (χ1) is 9.40. The van der Waals surface area contributed by atoms with Crippen molar-refractivity contribution < 1.29 is 0 Å². The van der Waals surface area contributed by atoms with Crippen LogP contribution in [-0.2, 0) is 0 Å². The standard InChI is InChI=1S/C18H24S/c1-2-3-6-15-18(16-11-7-4-8-12-16)19-17-13-9-5-10-14-17/h2,5,9-11,13-14,18H,1,3-4,6-8,12,15H2. The lowest BCUT2D eigenvalue weighted by Gasteiger charge is -2.23. The van der Waals surface area contributed by atoms with E-state index in [4.69, 9.17) is 0 Å². The number of hydrogen-bond acceptors (Lipinski definition) is 1. The van der Waals surface area contributed by atoms with Gasteiger partial charge in [-0.05, 0) is 57.1 Å². The number of benzene rings is 1. The van der Waals surface area contributed by atoms with Crippen LogP contribution in [-0.4, -0.2) is 5.25 Å². The first-order valence-corrected chi connectivity index (χ1v) is 8.29. The van der Waals surface area contributed by atoms with E-state index in [0.717, 1.165) is 6.42 Å². The maximum absolute atomic E-state index is 3.83. The van der Waals surface area contributed by atoms with Gasteiger partial charge in [0.2, 0.25) is 0 Å². The highest BCUT2D eigenvalue weighted by atomic mass is 32.2. The summed E-state index contributed by atoms with van der Waals surface area (Å²) in [6, 6.07) is 10.8. The summed E-state index contributed by atoms with van der Waals surface area (Å²) in [6.45, 7) is 3.83. The molecule has 0 aromatic heterocycles. The second-order valence-corrected chi connectivity index (χ2v) is 6.44. The summed E-state index contributed by atoms with van der Waals surface area (Å²) in [5.74, 6) is 0. The minimum atomic E-state index is 0.669. The Hall–Kier alpha value is -0.950. The van der Waals surface area contributed by atoms with Gasteiger partial charge in [-0.25, -0.2) is 0 Å². The molecule has 0 saturated heterocycles. The Labute approximate surface area is 122 Å². The van der Waals surface area contributed by atoms with Crippen LogP contribution in [0.2, 0.25) is 0 Å². The quantitative estimate of drug-likeness (QED) is 0.333. The van der Waals surface area contributed by atoms with E-state index in [1.807, 2.05) is 17.8 Å². The van der Waals surface area contributed by atoms with Crippen LogP contribution in [0.25, 0.3) is 0 Å². The Bertz CT molecular complexity index is 405. The molecule has 0 aliphatic heterocycles. The third-order valence-corrected chi connectivity index (χ3v) is 5.00. The van der Waals surface area contributed by atoms with Gasteiger partial charge in [-0.15, -0.1) is 18.3 Å². The summed E-state index contributed by atoms with van der Waals surface area (Å²) in [6.07, 6.45) is 13.5. The maximum Gasteiger partial charge on any atom is 0.0303 e. The van der Waals surface area contributed by atoms with Crippen molar-refractivity contribution in [3.8, 4) is 0 Å². The number of allylic oxidation sites excluding steroid dienone is 2. The summed E-state index contributed by atoms with van der Waals surface area (Å²) < 4.78 is 0. The van der Waals surface area contributed by atoms with Crippen molar-refractivity contribution in [1.29, 1.82) is 0 Å². The molecule has 0 amide bonds. The van der Waals surface area contributed by atoms with E-state index in [2.05, 4.69) is 43.0 Å². The lowest BCUT2D eigenvalue weighted by Crippen LogP contribution is -2.09. The molecule has 0 fully saturated rings. The maximum atomic E-state index is 3.83. The predicted octanol–water partition coefficient (Wildman–Crippen LogP) is 6.00. The SMILES string of the molecule is C=CCCCC(Sc1ccccc1)C1=CCCCC1. The molecule has 1 atom stereocenters. The molecule has 0 radical (unpaired) electrons. The molecule has 1 aromatic carbocycles. The molecule has 0 saturated carbocycles. The normalized spacial score (nSPS) is 16.7. The fourth-order valence-corrected chi connectivity index (χ4v) is 3.88. The smallest absolute Gasteiger partial charge is 0.0303 e. The lowest BCUT2D eigenvalue weighted by atomic mass is 9.95. The molecule has 0 heterocycles. The largest absolute Gasteiger partial charge is 0.118 e. The molecule has 0 N–H and O–H groups in total. The predicted molar refractivity (Wildman–Crippen MR) is 86.7 cm³/mol. The number of rotatable bonds is 7. The van der Waals surface area contributed by atoms with Crippen LogP contribution in [0.5, 0.6) is 0 Å². The topological polar surface area (TPSA) is 0 Å². The molecule has 1 aromatic rings. The van der Waals surface area contributed by atoms with Crippen molar-refractivity contribution in [2.45, 2.75) is 55.1 Å². The van der Waals surface area contributed by atoms with E-state index in [1.165, 1.54) is 43.4 Å². The highest BCUT2D eigenvalue weighted by Gasteiger charge is 2.17. The Morgan fingerprint density at radius 3 is 2.74 bits per heavy atom. The van der Waals surface area contributed by atoms with Crippen molar-refractivity contribution in [3.05, 3.63) is 54.6 Å². The molecular weight excluding hydrogens is 248 g/mol. The summed E-state index contributed by atoms with van der Waals surface area (Å²) in [4.78, 5) is 1.40. The van der Waals surface area contributed by atoms with Crippen LogP contribution in [0.3, 0.4) is 0 Å². The highest BCUT2D eigenvalue weighted by Crippen LogP contribution is 2.35. The van der Waals surface area contributed by atoms with Crippen molar-refractivity contribution in [3.63, 3.8) is 0 Å². The Morgan fingerprint density at radius 1 is 1.21 bits per heavy atom. The van der Waals surface area contributed by atoms with E-state index < -0.39 is 0 Å². The molecule has 2 rings (SSSR count). The van der Waals surface area contributed by atoms with Crippen molar-refractivity contribution in [2.75, 3.05) is 0 Å². The van der Waals surface area contributed by atoms with E-state index in [0.29, 0.717) is 5.25 Å². The third kappa shape index (κ3) is 4.91. The van der Waals surface area contributed by atoms with E-state index in [-0.39, 0.29) is 0 Å². The third-order valence-electron chi connectivity index (χ3n) is 3.64. The Morgan fingerprint density at radius 2 is 2.05 bits per heavy atom. The highest BCUT2D eigenvalue weighted by molar-refractivity contribution is 8.00. The molecule has 0 spiro atoms. The van der Waals surface area contributed by atoms with E-state index >= 15 is 0 Å². The molecule has 1 aliphatic carbocycles. The van der Waals surface area contributed by atoms with Crippen molar-refractivity contribution in [1.82, 2.24) is 0 Å². The Balaban J connectivity index is 2.00. The second-order valence-electron chi connectivity index (χ2n) is 5.16. The fourth-order valence-electron chi connectivity index (χ4n) is 2.59.